The van der Waals surface area contributed by atoms with Gasteiger partial charge in [0.2, 0.25) is 0 Å². The lowest BCUT2D eigenvalue weighted by Gasteiger charge is -2.24. The largest absolute Gasteiger partial charge is 0.393 e. The van der Waals surface area contributed by atoms with E-state index in [1.165, 1.54) is 0 Å². The minimum atomic E-state index is -1.07. The van der Waals surface area contributed by atoms with Gasteiger partial charge in [0.05, 0.1) is 12.2 Å². The second kappa shape index (κ2) is 5.77. The Balaban J connectivity index is 2.53. The summed E-state index contributed by atoms with van der Waals surface area (Å²) in [6, 6.07) is 8.16. The van der Waals surface area contributed by atoms with Crippen LogP contribution in [0, 0.1) is 0 Å². The van der Waals surface area contributed by atoms with Gasteiger partial charge in [-0.25, -0.2) is 0 Å². The standard InChI is InChI=1S/C12H18BrNO2/c1-9(14-7-12(2,16)8-15)10-3-5-11(13)6-4-10/h3-6,9,14-16H,7-8H2,1-2H3. The van der Waals surface area contributed by atoms with Gasteiger partial charge in [0.1, 0.15) is 0 Å². The molecule has 0 saturated heterocycles. The van der Waals surface area contributed by atoms with Crippen LogP contribution in [-0.4, -0.2) is 29.0 Å². The average molecular weight is 288 g/mol. The molecule has 16 heavy (non-hydrogen) atoms. The van der Waals surface area contributed by atoms with Crippen molar-refractivity contribution in [2.75, 3.05) is 13.2 Å². The first-order valence-corrected chi connectivity index (χ1v) is 6.06. The molecule has 1 aromatic rings. The molecule has 90 valence electrons. The Labute approximate surface area is 105 Å². The summed E-state index contributed by atoms with van der Waals surface area (Å²) >= 11 is 3.38. The van der Waals surface area contributed by atoms with Gasteiger partial charge in [-0.2, -0.15) is 0 Å². The summed E-state index contributed by atoms with van der Waals surface area (Å²) in [4.78, 5) is 0. The number of rotatable bonds is 5. The third-order valence-electron chi connectivity index (χ3n) is 2.50. The Bertz CT molecular complexity index is 324. The lowest BCUT2D eigenvalue weighted by molar-refractivity contribution is 0.00106. The van der Waals surface area contributed by atoms with Gasteiger partial charge in [0.25, 0.3) is 0 Å². The van der Waals surface area contributed by atoms with Crippen LogP contribution in [0.3, 0.4) is 0 Å². The predicted molar refractivity (Wildman–Crippen MR) is 68.3 cm³/mol. The van der Waals surface area contributed by atoms with Gasteiger partial charge in [-0.3, -0.25) is 0 Å². The van der Waals surface area contributed by atoms with Crippen molar-refractivity contribution in [3.05, 3.63) is 34.3 Å². The molecule has 0 aromatic heterocycles. The number of hydrogen-bond acceptors (Lipinski definition) is 3. The molecule has 0 saturated carbocycles. The zero-order chi connectivity index (χ0) is 12.2. The van der Waals surface area contributed by atoms with E-state index in [2.05, 4.69) is 21.2 Å². The smallest absolute Gasteiger partial charge is 0.0973 e. The summed E-state index contributed by atoms with van der Waals surface area (Å²) < 4.78 is 1.05. The van der Waals surface area contributed by atoms with Crippen molar-refractivity contribution >= 4 is 15.9 Å². The van der Waals surface area contributed by atoms with Crippen LogP contribution in [0.1, 0.15) is 25.5 Å². The third-order valence-corrected chi connectivity index (χ3v) is 3.03. The van der Waals surface area contributed by atoms with E-state index in [0.717, 1.165) is 10.0 Å². The monoisotopic (exact) mass is 287 g/mol. The Kier molecular flexibility index (Phi) is 4.92. The Morgan fingerprint density at radius 3 is 2.44 bits per heavy atom. The number of hydrogen-bond donors (Lipinski definition) is 3. The molecular weight excluding hydrogens is 270 g/mol. The van der Waals surface area contributed by atoms with E-state index < -0.39 is 5.60 Å². The second-order valence-electron chi connectivity index (χ2n) is 4.31. The minimum Gasteiger partial charge on any atom is -0.393 e. The number of aliphatic hydroxyl groups excluding tert-OH is 1. The van der Waals surface area contributed by atoms with Crippen molar-refractivity contribution in [1.82, 2.24) is 5.32 Å². The van der Waals surface area contributed by atoms with Gasteiger partial charge in [-0.1, -0.05) is 28.1 Å². The molecule has 2 unspecified atom stereocenters. The molecule has 4 heteroatoms. The molecule has 0 heterocycles. The molecule has 0 spiro atoms. The van der Waals surface area contributed by atoms with Crippen LogP contribution in [-0.2, 0) is 0 Å². The fraction of sp³-hybridized carbons (Fsp3) is 0.500. The van der Waals surface area contributed by atoms with E-state index >= 15 is 0 Å². The fourth-order valence-electron chi connectivity index (χ4n) is 1.30. The molecular formula is C12H18BrNO2. The van der Waals surface area contributed by atoms with E-state index in [4.69, 9.17) is 5.11 Å². The van der Waals surface area contributed by atoms with Gasteiger partial charge in [0, 0.05) is 17.1 Å². The maximum atomic E-state index is 9.64. The summed E-state index contributed by atoms with van der Waals surface area (Å²) in [5.41, 5.74) is 0.0841. The summed E-state index contributed by atoms with van der Waals surface area (Å²) in [5, 5.41) is 21.7. The molecule has 0 bridgehead atoms. The van der Waals surface area contributed by atoms with Crippen molar-refractivity contribution in [1.29, 1.82) is 0 Å². The molecule has 1 rings (SSSR count). The van der Waals surface area contributed by atoms with Gasteiger partial charge in [-0.05, 0) is 31.5 Å². The van der Waals surface area contributed by atoms with Crippen molar-refractivity contribution < 1.29 is 10.2 Å². The number of aliphatic hydroxyl groups is 2. The maximum absolute atomic E-state index is 9.64. The normalized spacial score (nSPS) is 16.8. The predicted octanol–water partition coefficient (Wildman–Crippen LogP) is 1.84. The summed E-state index contributed by atoms with van der Waals surface area (Å²) in [6.07, 6.45) is 0. The summed E-state index contributed by atoms with van der Waals surface area (Å²) in [7, 11) is 0. The number of benzene rings is 1. The minimum absolute atomic E-state index is 0.145. The van der Waals surface area contributed by atoms with Crippen molar-refractivity contribution in [3.63, 3.8) is 0 Å². The first kappa shape index (κ1) is 13.6. The first-order valence-electron chi connectivity index (χ1n) is 5.27. The lowest BCUT2D eigenvalue weighted by Crippen LogP contribution is -2.41. The van der Waals surface area contributed by atoms with Crippen molar-refractivity contribution in [2.45, 2.75) is 25.5 Å². The molecule has 0 amide bonds. The molecule has 0 fully saturated rings. The van der Waals surface area contributed by atoms with Crippen LogP contribution in [0.4, 0.5) is 0 Å². The molecule has 0 aliphatic heterocycles. The summed E-state index contributed by atoms with van der Waals surface area (Å²) in [5.74, 6) is 0. The van der Waals surface area contributed by atoms with Crippen molar-refractivity contribution in [3.8, 4) is 0 Å². The van der Waals surface area contributed by atoms with Crippen LogP contribution >= 0.6 is 15.9 Å². The van der Waals surface area contributed by atoms with Crippen molar-refractivity contribution in [2.24, 2.45) is 0 Å². The molecule has 0 aliphatic carbocycles. The first-order chi connectivity index (χ1) is 7.44. The van der Waals surface area contributed by atoms with Crippen LogP contribution < -0.4 is 5.32 Å². The molecule has 2 atom stereocenters. The van der Waals surface area contributed by atoms with Gasteiger partial charge in [0.15, 0.2) is 0 Å². The lowest BCUT2D eigenvalue weighted by atomic mass is 10.1. The van der Waals surface area contributed by atoms with E-state index in [-0.39, 0.29) is 12.6 Å². The maximum Gasteiger partial charge on any atom is 0.0973 e. The van der Waals surface area contributed by atoms with Gasteiger partial charge in [-0.15, -0.1) is 0 Å². The topological polar surface area (TPSA) is 52.5 Å². The molecule has 3 N–H and O–H groups in total. The average Bonchev–Trinajstić information content (AvgIpc) is 2.27. The number of halogens is 1. The highest BCUT2D eigenvalue weighted by atomic mass is 79.9. The van der Waals surface area contributed by atoms with Gasteiger partial charge >= 0.3 is 0 Å². The molecule has 1 aromatic carbocycles. The zero-order valence-corrected chi connectivity index (χ0v) is 11.2. The van der Waals surface area contributed by atoms with Crippen LogP contribution in [0.5, 0.6) is 0 Å². The SMILES string of the molecule is CC(NCC(C)(O)CO)c1ccc(Br)cc1. The highest BCUT2D eigenvalue weighted by Gasteiger charge is 2.19. The second-order valence-corrected chi connectivity index (χ2v) is 5.22. The highest BCUT2D eigenvalue weighted by Crippen LogP contribution is 2.16. The summed E-state index contributed by atoms with van der Waals surface area (Å²) in [6.45, 7) is 3.75. The Morgan fingerprint density at radius 1 is 1.38 bits per heavy atom. The zero-order valence-electron chi connectivity index (χ0n) is 9.57. The van der Waals surface area contributed by atoms with E-state index in [1.54, 1.807) is 6.92 Å². The molecule has 0 aliphatic rings. The van der Waals surface area contributed by atoms with E-state index in [1.807, 2.05) is 31.2 Å². The fourth-order valence-corrected chi connectivity index (χ4v) is 1.56. The van der Waals surface area contributed by atoms with E-state index in [9.17, 15) is 5.11 Å². The number of nitrogens with one attached hydrogen (secondary N) is 1. The highest BCUT2D eigenvalue weighted by molar-refractivity contribution is 9.10. The van der Waals surface area contributed by atoms with Crippen LogP contribution in [0.2, 0.25) is 0 Å². The van der Waals surface area contributed by atoms with Crippen LogP contribution in [0.15, 0.2) is 28.7 Å². The Hall–Kier alpha value is -0.420. The third kappa shape index (κ3) is 4.22. The molecule has 0 radical (unpaired) electrons. The van der Waals surface area contributed by atoms with E-state index in [0.29, 0.717) is 6.54 Å². The quantitative estimate of drug-likeness (QED) is 0.775. The van der Waals surface area contributed by atoms with Crippen LogP contribution in [0.25, 0.3) is 0 Å². The molecule has 3 nitrogen and oxygen atoms in total. The Morgan fingerprint density at radius 2 is 1.94 bits per heavy atom. The van der Waals surface area contributed by atoms with Gasteiger partial charge < -0.3 is 15.5 Å².